The zero-order valence-corrected chi connectivity index (χ0v) is 13.2. The summed E-state index contributed by atoms with van der Waals surface area (Å²) in [7, 11) is 1.56. The minimum atomic E-state index is -0.243. The zero-order chi connectivity index (χ0) is 16.9. The second-order valence-electron chi connectivity index (χ2n) is 5.22. The lowest BCUT2D eigenvalue weighted by atomic mass is 10.1. The number of rotatable bonds is 4. The van der Waals surface area contributed by atoms with Crippen molar-refractivity contribution >= 4 is 17.3 Å². The number of aromatic nitrogens is 1. The molecule has 0 saturated heterocycles. The molecule has 3 aromatic rings. The summed E-state index contributed by atoms with van der Waals surface area (Å²) in [5.74, 6) is 0.383. The smallest absolute Gasteiger partial charge is 0.255 e. The molecule has 3 rings (SSSR count). The Morgan fingerprint density at radius 1 is 1.04 bits per heavy atom. The maximum atomic E-state index is 12.5. The predicted molar refractivity (Wildman–Crippen MR) is 95.0 cm³/mol. The van der Waals surface area contributed by atoms with Crippen LogP contribution in [0.5, 0.6) is 5.75 Å². The second-order valence-corrected chi connectivity index (χ2v) is 5.22. The van der Waals surface area contributed by atoms with Crippen LogP contribution < -0.4 is 15.8 Å². The maximum Gasteiger partial charge on any atom is 0.255 e. The number of anilines is 2. The average molecular weight is 319 g/mol. The number of benzene rings is 2. The molecule has 5 nitrogen and oxygen atoms in total. The number of methoxy groups -OCH3 is 1. The van der Waals surface area contributed by atoms with Crippen LogP contribution in [0, 0.1) is 0 Å². The molecule has 0 aliphatic heterocycles. The fourth-order valence-corrected chi connectivity index (χ4v) is 2.35. The Balaban J connectivity index is 1.88. The summed E-state index contributed by atoms with van der Waals surface area (Å²) in [6.07, 6.45) is 3.44. The predicted octanol–water partition coefficient (Wildman–Crippen LogP) is 3.59. The van der Waals surface area contributed by atoms with E-state index in [2.05, 4.69) is 10.3 Å². The molecule has 5 heteroatoms. The lowest BCUT2D eigenvalue weighted by molar-refractivity contribution is 0.102. The number of amides is 1. The molecule has 3 N–H and O–H groups in total. The van der Waals surface area contributed by atoms with Gasteiger partial charge < -0.3 is 15.8 Å². The van der Waals surface area contributed by atoms with Gasteiger partial charge in [-0.25, -0.2) is 0 Å². The summed E-state index contributed by atoms with van der Waals surface area (Å²) < 4.78 is 5.15. The van der Waals surface area contributed by atoms with E-state index in [4.69, 9.17) is 10.5 Å². The van der Waals surface area contributed by atoms with E-state index in [-0.39, 0.29) is 5.91 Å². The van der Waals surface area contributed by atoms with Gasteiger partial charge in [-0.05, 0) is 53.6 Å². The van der Waals surface area contributed by atoms with E-state index in [1.165, 1.54) is 0 Å². The fraction of sp³-hybridized carbons (Fsp3) is 0.0526. The third kappa shape index (κ3) is 3.35. The van der Waals surface area contributed by atoms with Crippen LogP contribution in [-0.4, -0.2) is 18.0 Å². The van der Waals surface area contributed by atoms with Crippen LogP contribution in [0.4, 0.5) is 11.4 Å². The van der Waals surface area contributed by atoms with Crippen LogP contribution in [0.2, 0.25) is 0 Å². The molecule has 0 atom stereocenters. The Morgan fingerprint density at radius 2 is 1.83 bits per heavy atom. The van der Waals surface area contributed by atoms with Gasteiger partial charge >= 0.3 is 0 Å². The first-order chi connectivity index (χ1) is 11.7. The molecule has 0 aliphatic rings. The second kappa shape index (κ2) is 6.83. The van der Waals surface area contributed by atoms with Crippen molar-refractivity contribution in [1.29, 1.82) is 0 Å². The minimum Gasteiger partial charge on any atom is -0.497 e. The molecule has 0 unspecified atom stereocenters. The third-order valence-corrected chi connectivity index (χ3v) is 3.65. The highest BCUT2D eigenvalue weighted by Crippen LogP contribution is 2.27. The molecular formula is C19H17N3O2. The Hall–Kier alpha value is -3.34. The highest BCUT2D eigenvalue weighted by atomic mass is 16.5. The van der Waals surface area contributed by atoms with Crippen molar-refractivity contribution in [2.75, 3.05) is 18.2 Å². The largest absolute Gasteiger partial charge is 0.497 e. The molecule has 2 aromatic carbocycles. The van der Waals surface area contributed by atoms with E-state index in [0.717, 1.165) is 11.1 Å². The summed E-state index contributed by atoms with van der Waals surface area (Å²) in [5, 5.41) is 2.85. The molecule has 0 radical (unpaired) electrons. The fourth-order valence-electron chi connectivity index (χ4n) is 2.35. The Morgan fingerprint density at radius 3 is 2.58 bits per heavy atom. The van der Waals surface area contributed by atoms with Crippen LogP contribution in [0.25, 0.3) is 11.1 Å². The van der Waals surface area contributed by atoms with E-state index in [1.807, 2.05) is 24.3 Å². The van der Waals surface area contributed by atoms with Crippen LogP contribution in [0.15, 0.2) is 67.0 Å². The van der Waals surface area contributed by atoms with Crippen molar-refractivity contribution in [2.24, 2.45) is 0 Å². The van der Waals surface area contributed by atoms with Crippen LogP contribution in [0.3, 0.4) is 0 Å². The Bertz CT molecular complexity index is 863. The van der Waals surface area contributed by atoms with Gasteiger partial charge in [0.15, 0.2) is 0 Å². The number of carbonyl (C=O) groups is 1. The molecule has 0 spiro atoms. The maximum absolute atomic E-state index is 12.5. The van der Waals surface area contributed by atoms with E-state index >= 15 is 0 Å². The molecule has 0 aliphatic carbocycles. The van der Waals surface area contributed by atoms with Crippen molar-refractivity contribution < 1.29 is 9.53 Å². The minimum absolute atomic E-state index is 0.243. The van der Waals surface area contributed by atoms with Gasteiger partial charge in [0.2, 0.25) is 0 Å². The number of nitrogens with zero attached hydrogens (tertiary/aromatic N) is 1. The summed E-state index contributed by atoms with van der Waals surface area (Å²) >= 11 is 0. The van der Waals surface area contributed by atoms with Gasteiger partial charge in [0.1, 0.15) is 5.75 Å². The quantitative estimate of drug-likeness (QED) is 0.720. The standard InChI is InChI=1S/C19H17N3O2/c1-24-16-4-2-3-15(11-16)19(23)22-18-12-14(5-6-17(18)20)13-7-9-21-10-8-13/h2-12H,20H2,1H3,(H,22,23). The highest BCUT2D eigenvalue weighted by Gasteiger charge is 2.10. The van der Waals surface area contributed by atoms with Gasteiger partial charge in [0.25, 0.3) is 5.91 Å². The molecule has 1 aromatic heterocycles. The number of ether oxygens (including phenoxy) is 1. The van der Waals surface area contributed by atoms with Crippen molar-refractivity contribution in [3.8, 4) is 16.9 Å². The van der Waals surface area contributed by atoms with Gasteiger partial charge in [-0.1, -0.05) is 12.1 Å². The normalized spacial score (nSPS) is 10.2. The SMILES string of the molecule is COc1cccc(C(=O)Nc2cc(-c3ccncc3)ccc2N)c1. The Labute approximate surface area is 140 Å². The number of nitrogens with one attached hydrogen (secondary N) is 1. The Kier molecular flexibility index (Phi) is 4.43. The van der Waals surface area contributed by atoms with Gasteiger partial charge in [0.05, 0.1) is 18.5 Å². The third-order valence-electron chi connectivity index (χ3n) is 3.65. The lowest BCUT2D eigenvalue weighted by Gasteiger charge is -2.11. The summed E-state index contributed by atoms with van der Waals surface area (Å²) in [5.41, 5.74) is 9.52. The molecule has 0 fully saturated rings. The molecule has 1 heterocycles. The number of pyridine rings is 1. The number of nitrogen functional groups attached to an aromatic ring is 1. The van der Waals surface area contributed by atoms with E-state index < -0.39 is 0 Å². The van der Waals surface area contributed by atoms with Gasteiger partial charge in [0, 0.05) is 18.0 Å². The summed E-state index contributed by atoms with van der Waals surface area (Å²) in [4.78, 5) is 16.5. The van der Waals surface area contributed by atoms with Crippen molar-refractivity contribution in [2.45, 2.75) is 0 Å². The first-order valence-corrected chi connectivity index (χ1v) is 7.42. The summed E-state index contributed by atoms with van der Waals surface area (Å²) in [6, 6.07) is 16.3. The molecule has 24 heavy (non-hydrogen) atoms. The number of nitrogens with two attached hydrogens (primary N) is 1. The number of carbonyl (C=O) groups excluding carboxylic acids is 1. The van der Waals surface area contributed by atoms with Crippen LogP contribution in [-0.2, 0) is 0 Å². The monoisotopic (exact) mass is 319 g/mol. The zero-order valence-electron chi connectivity index (χ0n) is 13.2. The lowest BCUT2D eigenvalue weighted by Crippen LogP contribution is -2.13. The van der Waals surface area contributed by atoms with E-state index in [0.29, 0.717) is 22.7 Å². The molecule has 120 valence electrons. The van der Waals surface area contributed by atoms with Gasteiger partial charge in [-0.3, -0.25) is 9.78 Å². The molecule has 1 amide bonds. The molecular weight excluding hydrogens is 302 g/mol. The first kappa shape index (κ1) is 15.6. The number of hydrogen-bond donors (Lipinski definition) is 2. The molecule has 0 saturated carbocycles. The topological polar surface area (TPSA) is 77.2 Å². The van der Waals surface area contributed by atoms with Crippen LogP contribution in [0.1, 0.15) is 10.4 Å². The van der Waals surface area contributed by atoms with Crippen molar-refractivity contribution in [3.05, 3.63) is 72.6 Å². The summed E-state index contributed by atoms with van der Waals surface area (Å²) in [6.45, 7) is 0. The van der Waals surface area contributed by atoms with Crippen molar-refractivity contribution in [3.63, 3.8) is 0 Å². The number of hydrogen-bond acceptors (Lipinski definition) is 4. The van der Waals surface area contributed by atoms with E-state index in [9.17, 15) is 4.79 Å². The van der Waals surface area contributed by atoms with Gasteiger partial charge in [-0.2, -0.15) is 0 Å². The molecule has 0 bridgehead atoms. The highest BCUT2D eigenvalue weighted by molar-refractivity contribution is 6.06. The first-order valence-electron chi connectivity index (χ1n) is 7.42. The average Bonchev–Trinajstić information content (AvgIpc) is 2.64. The van der Waals surface area contributed by atoms with Gasteiger partial charge in [-0.15, -0.1) is 0 Å². The van der Waals surface area contributed by atoms with Crippen LogP contribution >= 0.6 is 0 Å². The van der Waals surface area contributed by atoms with Crippen molar-refractivity contribution in [1.82, 2.24) is 4.98 Å². The van der Waals surface area contributed by atoms with E-state index in [1.54, 1.807) is 49.8 Å².